The number of hydrogen-bond donors (Lipinski definition) is 1. The van der Waals surface area contributed by atoms with Crippen LogP contribution in [0.5, 0.6) is 5.75 Å². The van der Waals surface area contributed by atoms with Gasteiger partial charge in [-0.15, -0.1) is 0 Å². The zero-order chi connectivity index (χ0) is 17.6. The lowest BCUT2D eigenvalue weighted by atomic mass is 10.1. The predicted molar refractivity (Wildman–Crippen MR) is 101 cm³/mol. The van der Waals surface area contributed by atoms with E-state index in [1.807, 2.05) is 20.2 Å². The first kappa shape index (κ1) is 18.6. The number of aliphatic hydroxyl groups is 1. The average molecular weight is 348 g/mol. The van der Waals surface area contributed by atoms with Crippen LogP contribution in [0.2, 0.25) is 0 Å². The van der Waals surface area contributed by atoms with E-state index < -0.39 is 0 Å². The molecular formula is C20H33N3O2. The number of piperidine rings is 1. The summed E-state index contributed by atoms with van der Waals surface area (Å²) in [5.41, 5.74) is 1.25. The Morgan fingerprint density at radius 2 is 1.92 bits per heavy atom. The summed E-state index contributed by atoms with van der Waals surface area (Å²) in [7, 11) is 4.07. The molecule has 2 aliphatic rings. The van der Waals surface area contributed by atoms with Crippen molar-refractivity contribution in [3.63, 3.8) is 0 Å². The van der Waals surface area contributed by atoms with Crippen LogP contribution in [0.4, 0.5) is 0 Å². The summed E-state index contributed by atoms with van der Waals surface area (Å²) >= 11 is 0. The summed E-state index contributed by atoms with van der Waals surface area (Å²) < 4.78 is 5.98. The molecule has 2 atom stereocenters. The van der Waals surface area contributed by atoms with Gasteiger partial charge in [-0.25, -0.2) is 0 Å². The molecule has 0 aromatic heterocycles. The first-order valence-corrected chi connectivity index (χ1v) is 9.63. The number of likely N-dealkylation sites (tertiary alicyclic amines) is 2. The molecule has 0 spiro atoms. The number of rotatable bonds is 7. The largest absolute Gasteiger partial charge is 0.492 e. The van der Waals surface area contributed by atoms with Crippen LogP contribution in [-0.2, 0) is 6.54 Å². The molecule has 0 unspecified atom stereocenters. The summed E-state index contributed by atoms with van der Waals surface area (Å²) in [5, 5.41) is 10.2. The number of β-amino-alcohol motifs (C(OH)–C–C–N with tert-alkyl or cyclic N) is 1. The van der Waals surface area contributed by atoms with Gasteiger partial charge >= 0.3 is 0 Å². The summed E-state index contributed by atoms with van der Waals surface area (Å²) in [4.78, 5) is 6.94. The van der Waals surface area contributed by atoms with Gasteiger partial charge in [0.25, 0.3) is 0 Å². The highest BCUT2D eigenvalue weighted by Crippen LogP contribution is 2.20. The number of aliphatic hydroxyl groups excluding tert-OH is 1. The molecule has 0 radical (unpaired) electrons. The Hall–Kier alpha value is -1.14. The van der Waals surface area contributed by atoms with E-state index in [2.05, 4.69) is 32.9 Å². The highest BCUT2D eigenvalue weighted by Gasteiger charge is 2.32. The minimum Gasteiger partial charge on any atom is -0.492 e. The normalized spacial score (nSPS) is 25.6. The quantitative estimate of drug-likeness (QED) is 0.812. The number of likely N-dealkylation sites (N-methyl/N-ethyl adjacent to an activating group) is 1. The van der Waals surface area contributed by atoms with Gasteiger partial charge in [-0.3, -0.25) is 9.80 Å². The first-order valence-electron chi connectivity index (χ1n) is 9.63. The second kappa shape index (κ2) is 8.99. The van der Waals surface area contributed by atoms with Crippen LogP contribution in [-0.4, -0.2) is 85.4 Å². The molecule has 0 saturated carbocycles. The van der Waals surface area contributed by atoms with E-state index in [4.69, 9.17) is 4.74 Å². The topological polar surface area (TPSA) is 39.2 Å². The average Bonchev–Trinajstić information content (AvgIpc) is 2.97. The van der Waals surface area contributed by atoms with Crippen molar-refractivity contribution < 1.29 is 9.84 Å². The molecule has 1 aromatic carbocycles. The maximum Gasteiger partial charge on any atom is 0.119 e. The summed E-state index contributed by atoms with van der Waals surface area (Å²) in [6.45, 7) is 6.73. The third-order valence-electron chi connectivity index (χ3n) is 5.43. The first-order chi connectivity index (χ1) is 12.1. The van der Waals surface area contributed by atoms with Gasteiger partial charge in [-0.1, -0.05) is 18.6 Å². The molecule has 2 aliphatic heterocycles. The zero-order valence-electron chi connectivity index (χ0n) is 15.7. The summed E-state index contributed by atoms with van der Waals surface area (Å²) in [5.74, 6) is 0.957. The van der Waals surface area contributed by atoms with Gasteiger partial charge in [0.2, 0.25) is 0 Å². The van der Waals surface area contributed by atoms with Crippen molar-refractivity contribution in [3.8, 4) is 5.75 Å². The third-order valence-corrected chi connectivity index (χ3v) is 5.43. The Morgan fingerprint density at radius 3 is 2.64 bits per heavy atom. The maximum atomic E-state index is 10.2. The highest BCUT2D eigenvalue weighted by molar-refractivity contribution is 5.28. The smallest absolute Gasteiger partial charge is 0.119 e. The predicted octanol–water partition coefficient (Wildman–Crippen LogP) is 1.66. The van der Waals surface area contributed by atoms with Crippen molar-refractivity contribution in [1.82, 2.24) is 14.7 Å². The SMILES string of the molecule is CN(C)[C@H]1CN(Cc2cccc(OCCN3CCCCC3)c2)C[C@@H]1O. The van der Waals surface area contributed by atoms with E-state index in [0.717, 1.165) is 38.5 Å². The van der Waals surface area contributed by atoms with Gasteiger partial charge in [-0.05, 0) is 57.7 Å². The van der Waals surface area contributed by atoms with Gasteiger partial charge in [0, 0.05) is 32.2 Å². The Morgan fingerprint density at radius 1 is 1.12 bits per heavy atom. The van der Waals surface area contributed by atoms with Crippen LogP contribution >= 0.6 is 0 Å². The Bertz CT molecular complexity index is 531. The second-order valence-electron chi connectivity index (χ2n) is 7.69. The molecule has 0 aliphatic carbocycles. The lowest BCUT2D eigenvalue weighted by Crippen LogP contribution is -2.37. The zero-order valence-corrected chi connectivity index (χ0v) is 15.7. The molecule has 140 valence electrons. The van der Waals surface area contributed by atoms with E-state index in [-0.39, 0.29) is 12.1 Å². The monoisotopic (exact) mass is 347 g/mol. The molecule has 0 amide bonds. The number of hydrogen-bond acceptors (Lipinski definition) is 5. The number of ether oxygens (including phenoxy) is 1. The molecule has 3 rings (SSSR count). The fraction of sp³-hybridized carbons (Fsp3) is 0.700. The van der Waals surface area contributed by atoms with Gasteiger partial charge in [-0.2, -0.15) is 0 Å². The summed E-state index contributed by atoms with van der Waals surface area (Å²) in [6.07, 6.45) is 3.76. The standard InChI is InChI=1S/C20H33N3O2/c1-21(2)19-15-23(16-20(19)24)14-17-7-6-8-18(13-17)25-12-11-22-9-4-3-5-10-22/h6-8,13,19-20,24H,3-5,9-12,14-16H2,1-2H3/t19-,20-/m0/s1. The molecule has 2 saturated heterocycles. The Balaban J connectivity index is 1.46. The number of benzene rings is 1. The minimum absolute atomic E-state index is 0.226. The van der Waals surface area contributed by atoms with Crippen molar-refractivity contribution in [2.75, 3.05) is 53.4 Å². The van der Waals surface area contributed by atoms with E-state index in [1.165, 1.54) is 37.9 Å². The van der Waals surface area contributed by atoms with Crippen molar-refractivity contribution in [2.45, 2.75) is 38.0 Å². The van der Waals surface area contributed by atoms with Gasteiger partial charge < -0.3 is 14.7 Å². The van der Waals surface area contributed by atoms with Crippen molar-refractivity contribution >= 4 is 0 Å². The second-order valence-corrected chi connectivity index (χ2v) is 7.69. The lowest BCUT2D eigenvalue weighted by molar-refractivity contribution is 0.112. The van der Waals surface area contributed by atoms with E-state index in [0.29, 0.717) is 0 Å². The summed E-state index contributed by atoms with van der Waals surface area (Å²) in [6, 6.07) is 8.63. The van der Waals surface area contributed by atoms with Crippen molar-refractivity contribution in [2.24, 2.45) is 0 Å². The molecule has 0 bridgehead atoms. The Kier molecular flexibility index (Phi) is 6.70. The maximum absolute atomic E-state index is 10.2. The van der Waals surface area contributed by atoms with Crippen LogP contribution in [0.15, 0.2) is 24.3 Å². The number of nitrogens with zero attached hydrogens (tertiary/aromatic N) is 3. The fourth-order valence-corrected chi connectivity index (χ4v) is 3.95. The van der Waals surface area contributed by atoms with Crippen LogP contribution in [0, 0.1) is 0 Å². The highest BCUT2D eigenvalue weighted by atomic mass is 16.5. The van der Waals surface area contributed by atoms with Crippen LogP contribution < -0.4 is 4.74 Å². The van der Waals surface area contributed by atoms with E-state index in [9.17, 15) is 5.11 Å². The Labute approximate surface area is 152 Å². The van der Waals surface area contributed by atoms with Gasteiger partial charge in [0.1, 0.15) is 12.4 Å². The minimum atomic E-state index is -0.265. The molecule has 5 nitrogen and oxygen atoms in total. The van der Waals surface area contributed by atoms with Gasteiger partial charge in [0.15, 0.2) is 0 Å². The molecule has 25 heavy (non-hydrogen) atoms. The molecular weight excluding hydrogens is 314 g/mol. The van der Waals surface area contributed by atoms with E-state index >= 15 is 0 Å². The van der Waals surface area contributed by atoms with Crippen LogP contribution in [0.25, 0.3) is 0 Å². The molecule has 1 N–H and O–H groups in total. The van der Waals surface area contributed by atoms with Gasteiger partial charge in [0.05, 0.1) is 6.10 Å². The van der Waals surface area contributed by atoms with Crippen molar-refractivity contribution in [3.05, 3.63) is 29.8 Å². The third kappa shape index (κ3) is 5.42. The fourth-order valence-electron chi connectivity index (χ4n) is 3.95. The lowest BCUT2D eigenvalue weighted by Gasteiger charge is -2.26. The molecule has 1 aromatic rings. The van der Waals surface area contributed by atoms with Crippen LogP contribution in [0.3, 0.4) is 0 Å². The molecule has 5 heteroatoms. The molecule has 2 heterocycles. The van der Waals surface area contributed by atoms with Crippen molar-refractivity contribution in [1.29, 1.82) is 0 Å². The van der Waals surface area contributed by atoms with E-state index in [1.54, 1.807) is 0 Å². The van der Waals surface area contributed by atoms with Crippen LogP contribution in [0.1, 0.15) is 24.8 Å². The molecule has 2 fully saturated rings.